The first-order chi connectivity index (χ1) is 9.56. The van der Waals surface area contributed by atoms with Gasteiger partial charge in [0.05, 0.1) is 4.92 Å². The molecule has 1 aromatic rings. The van der Waals surface area contributed by atoms with Crippen LogP contribution in [0.25, 0.3) is 0 Å². The molecule has 1 atom stereocenters. The Kier molecular flexibility index (Phi) is 7.00. The Morgan fingerprint density at radius 3 is 2.35 bits per heavy atom. The van der Waals surface area contributed by atoms with Crippen molar-refractivity contribution in [2.24, 2.45) is 0 Å². The highest BCUT2D eigenvalue weighted by atomic mass is 32.2. The fourth-order valence-corrected chi connectivity index (χ4v) is 2.33. The van der Waals surface area contributed by atoms with Crippen LogP contribution in [0, 0.1) is 10.1 Å². The van der Waals surface area contributed by atoms with Crippen molar-refractivity contribution in [3.05, 3.63) is 28.3 Å². The fourth-order valence-electron chi connectivity index (χ4n) is 1.78. The van der Waals surface area contributed by atoms with E-state index in [-0.39, 0.29) is 10.6 Å². The van der Waals surface area contributed by atoms with Gasteiger partial charge in [-0.1, -0.05) is 13.0 Å². The summed E-state index contributed by atoms with van der Waals surface area (Å²) in [5.74, 6) is 0.592. The lowest BCUT2D eigenvalue weighted by Gasteiger charge is -2.11. The lowest BCUT2D eigenvalue weighted by molar-refractivity contribution is -0.383. The molecule has 2 N–H and O–H groups in total. The molecular formula is C13H21N3O3S. The van der Waals surface area contributed by atoms with Gasteiger partial charge in [0.2, 0.25) is 0 Å². The largest absolute Gasteiger partial charge is 0.379 e. The van der Waals surface area contributed by atoms with E-state index in [0.29, 0.717) is 36.6 Å². The molecule has 112 valence electrons. The molecule has 0 radical (unpaired) electrons. The predicted octanol–water partition coefficient (Wildman–Crippen LogP) is 2.60. The zero-order valence-corrected chi connectivity index (χ0v) is 12.7. The van der Waals surface area contributed by atoms with Gasteiger partial charge in [0.25, 0.3) is 0 Å². The molecule has 0 bridgehead atoms. The molecule has 0 aliphatic carbocycles. The van der Waals surface area contributed by atoms with Crippen LogP contribution in [0.5, 0.6) is 0 Å². The second-order valence-electron chi connectivity index (χ2n) is 4.44. The summed E-state index contributed by atoms with van der Waals surface area (Å²) in [6, 6.07) is 5.18. The molecule has 0 saturated heterocycles. The summed E-state index contributed by atoms with van der Waals surface area (Å²) >= 11 is 0. The van der Waals surface area contributed by atoms with Gasteiger partial charge in [0, 0.05) is 35.9 Å². The lowest BCUT2D eigenvalue weighted by Crippen LogP contribution is -2.09. The monoisotopic (exact) mass is 299 g/mol. The average Bonchev–Trinajstić information content (AvgIpc) is 2.40. The minimum atomic E-state index is -0.832. The van der Waals surface area contributed by atoms with Crippen molar-refractivity contribution in [1.29, 1.82) is 0 Å². The van der Waals surface area contributed by atoms with E-state index in [2.05, 4.69) is 10.6 Å². The molecule has 1 unspecified atom stereocenters. The topological polar surface area (TPSA) is 84.3 Å². The first kappa shape index (κ1) is 16.4. The number of anilines is 2. The summed E-state index contributed by atoms with van der Waals surface area (Å²) < 4.78 is 11.0. The third-order valence-corrected chi connectivity index (χ3v) is 3.57. The number of nitrogens with zero attached hydrogens (tertiary/aromatic N) is 1. The Hall–Kier alpha value is -1.63. The maximum absolute atomic E-state index is 11.2. The van der Waals surface area contributed by atoms with E-state index in [1.165, 1.54) is 0 Å². The van der Waals surface area contributed by atoms with Gasteiger partial charge in [0.1, 0.15) is 11.4 Å². The molecule has 0 spiro atoms. The highest BCUT2D eigenvalue weighted by Gasteiger charge is 2.18. The van der Waals surface area contributed by atoms with Crippen LogP contribution < -0.4 is 10.6 Å². The molecule has 0 aliphatic heterocycles. The third-order valence-electron chi connectivity index (χ3n) is 2.71. The number of nitro benzene ring substituents is 1. The summed E-state index contributed by atoms with van der Waals surface area (Å²) in [5.41, 5.74) is 1.09. The van der Waals surface area contributed by atoms with E-state index in [1.54, 1.807) is 24.5 Å². The van der Waals surface area contributed by atoms with E-state index in [9.17, 15) is 14.3 Å². The number of nitrogens with one attached hydrogen (secondary N) is 2. The van der Waals surface area contributed by atoms with Gasteiger partial charge in [-0.2, -0.15) is 0 Å². The van der Waals surface area contributed by atoms with Gasteiger partial charge in [-0.15, -0.1) is 0 Å². The molecule has 0 saturated carbocycles. The lowest BCUT2D eigenvalue weighted by atomic mass is 10.2. The van der Waals surface area contributed by atoms with Crippen LogP contribution >= 0.6 is 0 Å². The molecule has 0 heterocycles. The molecular weight excluding hydrogens is 278 g/mol. The summed E-state index contributed by atoms with van der Waals surface area (Å²) in [4.78, 5) is 10.8. The van der Waals surface area contributed by atoms with E-state index in [4.69, 9.17) is 0 Å². The van der Waals surface area contributed by atoms with Crippen LogP contribution in [0.2, 0.25) is 0 Å². The summed E-state index contributed by atoms with van der Waals surface area (Å²) in [6.45, 7) is 3.27. The smallest absolute Gasteiger partial charge is 0.315 e. The molecule has 0 amide bonds. The molecule has 0 fully saturated rings. The van der Waals surface area contributed by atoms with Gasteiger partial charge in [-0.3, -0.25) is 14.3 Å². The van der Waals surface area contributed by atoms with Crippen LogP contribution in [-0.4, -0.2) is 34.2 Å². The van der Waals surface area contributed by atoms with Gasteiger partial charge < -0.3 is 10.6 Å². The highest BCUT2D eigenvalue weighted by Crippen LogP contribution is 2.32. The number of para-hydroxylation sites is 1. The van der Waals surface area contributed by atoms with Crippen LogP contribution in [-0.2, 0) is 10.8 Å². The van der Waals surface area contributed by atoms with Crippen molar-refractivity contribution in [2.75, 3.05) is 35.7 Å². The molecule has 20 heavy (non-hydrogen) atoms. The molecule has 0 aromatic heterocycles. The summed E-state index contributed by atoms with van der Waals surface area (Å²) in [6.07, 6.45) is 3.27. The van der Waals surface area contributed by atoms with E-state index < -0.39 is 10.8 Å². The molecule has 7 heteroatoms. The minimum Gasteiger partial charge on any atom is -0.379 e. The maximum Gasteiger partial charge on any atom is 0.315 e. The van der Waals surface area contributed by atoms with Crippen molar-refractivity contribution in [3.8, 4) is 0 Å². The highest BCUT2D eigenvalue weighted by molar-refractivity contribution is 7.84. The maximum atomic E-state index is 11.2. The zero-order chi connectivity index (χ0) is 15.0. The van der Waals surface area contributed by atoms with Crippen molar-refractivity contribution in [1.82, 2.24) is 0 Å². The average molecular weight is 299 g/mol. The Labute approximate surface area is 121 Å². The van der Waals surface area contributed by atoms with Crippen molar-refractivity contribution in [3.63, 3.8) is 0 Å². The fraction of sp³-hybridized carbons (Fsp3) is 0.538. The number of benzene rings is 1. The second-order valence-corrected chi connectivity index (χ2v) is 6.00. The van der Waals surface area contributed by atoms with E-state index in [0.717, 1.165) is 6.42 Å². The number of rotatable bonds is 9. The second kappa shape index (κ2) is 8.52. The van der Waals surface area contributed by atoms with Gasteiger partial charge in [-0.25, -0.2) is 0 Å². The molecule has 0 aliphatic rings. The number of nitro groups is 1. The first-order valence-electron chi connectivity index (χ1n) is 6.61. The first-order valence-corrected chi connectivity index (χ1v) is 8.34. The van der Waals surface area contributed by atoms with Gasteiger partial charge in [0.15, 0.2) is 0 Å². The Bertz CT molecular complexity index is 480. The van der Waals surface area contributed by atoms with Gasteiger partial charge >= 0.3 is 5.69 Å². The molecule has 1 aromatic carbocycles. The van der Waals surface area contributed by atoms with Crippen molar-refractivity contribution < 1.29 is 9.13 Å². The normalized spacial score (nSPS) is 11.9. The third kappa shape index (κ3) is 5.16. The summed E-state index contributed by atoms with van der Waals surface area (Å²) in [7, 11) is -0.832. The predicted molar refractivity (Wildman–Crippen MR) is 83.9 cm³/mol. The van der Waals surface area contributed by atoms with E-state index in [1.807, 2.05) is 6.92 Å². The minimum absolute atomic E-state index is 0.0681. The van der Waals surface area contributed by atoms with Crippen molar-refractivity contribution in [2.45, 2.75) is 19.8 Å². The van der Waals surface area contributed by atoms with Crippen LogP contribution in [0.1, 0.15) is 19.8 Å². The summed E-state index contributed by atoms with van der Waals surface area (Å²) in [5, 5.41) is 17.3. The van der Waals surface area contributed by atoms with Crippen molar-refractivity contribution >= 4 is 27.9 Å². The molecule has 6 nitrogen and oxygen atoms in total. The molecule has 1 rings (SSSR count). The van der Waals surface area contributed by atoms with E-state index >= 15 is 0 Å². The number of hydrogen-bond donors (Lipinski definition) is 2. The van der Waals surface area contributed by atoms with Crippen LogP contribution in [0.4, 0.5) is 17.1 Å². The van der Waals surface area contributed by atoms with Crippen LogP contribution in [0.3, 0.4) is 0 Å². The Balaban J connectivity index is 2.78. The Morgan fingerprint density at radius 2 is 1.85 bits per heavy atom. The standard InChI is InChI=1S/C13H21N3O3S/c1-3-8-14-11-6-4-7-12(13(11)16(17)18)15-9-5-10-20(2)19/h4,6-7,14-15H,3,5,8-10H2,1-2H3. The number of hydrogen-bond acceptors (Lipinski definition) is 5. The van der Waals surface area contributed by atoms with Gasteiger partial charge in [-0.05, 0) is 25.0 Å². The quantitative estimate of drug-likeness (QED) is 0.416. The van der Waals surface area contributed by atoms with Crippen LogP contribution in [0.15, 0.2) is 18.2 Å². The SMILES string of the molecule is CCCNc1cccc(NCCCS(C)=O)c1[N+](=O)[O-]. The zero-order valence-electron chi connectivity index (χ0n) is 11.8. The Morgan fingerprint density at radius 1 is 1.25 bits per heavy atom.